The van der Waals surface area contributed by atoms with Crippen molar-refractivity contribution in [3.63, 3.8) is 0 Å². The molecule has 0 radical (unpaired) electrons. The van der Waals surface area contributed by atoms with Gasteiger partial charge in [0.05, 0.1) is 11.1 Å². The van der Waals surface area contributed by atoms with Crippen LogP contribution in [-0.4, -0.2) is 23.0 Å². The highest BCUT2D eigenvalue weighted by Crippen LogP contribution is 2.30. The molecule has 0 unspecified atom stereocenters. The number of nitro groups is 1. The van der Waals surface area contributed by atoms with Gasteiger partial charge in [-0.05, 0) is 43.2 Å². The molecule has 2 N–H and O–H groups in total. The van der Waals surface area contributed by atoms with Crippen molar-refractivity contribution in [3.8, 4) is 0 Å². The zero-order chi connectivity index (χ0) is 19.4. The minimum atomic E-state index is -0.595. The predicted octanol–water partition coefficient (Wildman–Crippen LogP) is 3.36. The number of nitrogens with zero attached hydrogens (tertiary/aromatic N) is 2. The molecular weight excluding hydrogens is 372 g/mol. The van der Waals surface area contributed by atoms with Crippen LogP contribution in [0.2, 0.25) is 5.02 Å². The molecule has 3 rings (SSSR count). The van der Waals surface area contributed by atoms with Crippen LogP contribution in [0.5, 0.6) is 0 Å². The quantitative estimate of drug-likeness (QED) is 0.450. The summed E-state index contributed by atoms with van der Waals surface area (Å²) >= 11 is 5.74. The molecule has 0 saturated heterocycles. The predicted molar refractivity (Wildman–Crippen MR) is 101 cm³/mol. The van der Waals surface area contributed by atoms with Crippen LogP contribution >= 0.6 is 11.6 Å². The first-order chi connectivity index (χ1) is 12.9. The summed E-state index contributed by atoms with van der Waals surface area (Å²) in [5.74, 6) is -0.352. The van der Waals surface area contributed by atoms with E-state index in [9.17, 15) is 19.7 Å². The lowest BCUT2D eigenvalue weighted by molar-refractivity contribution is -0.384. The average Bonchev–Trinajstić information content (AvgIpc) is 3.48. The number of hydrazone groups is 1. The first kappa shape index (κ1) is 18.5. The van der Waals surface area contributed by atoms with Gasteiger partial charge in [-0.2, -0.15) is 5.10 Å². The van der Waals surface area contributed by atoms with E-state index in [1.54, 1.807) is 30.3 Å². The van der Waals surface area contributed by atoms with E-state index in [1.165, 1.54) is 18.3 Å². The van der Waals surface area contributed by atoms with Crippen molar-refractivity contribution in [3.05, 3.63) is 68.7 Å². The minimum absolute atomic E-state index is 0.00569. The molecule has 1 fully saturated rings. The number of benzene rings is 2. The van der Waals surface area contributed by atoms with Crippen LogP contribution in [0, 0.1) is 16.0 Å². The second kappa shape index (κ2) is 7.96. The fourth-order valence-corrected chi connectivity index (χ4v) is 2.46. The van der Waals surface area contributed by atoms with Gasteiger partial charge in [-0.15, -0.1) is 0 Å². The number of halogens is 1. The van der Waals surface area contributed by atoms with Crippen molar-refractivity contribution < 1.29 is 14.5 Å². The Bertz CT molecular complexity index is 923. The Balaban J connectivity index is 1.58. The second-order valence-corrected chi connectivity index (χ2v) is 6.42. The number of carbonyl (C=O) groups excluding carboxylic acids is 2. The normalized spacial score (nSPS) is 13.4. The lowest BCUT2D eigenvalue weighted by Gasteiger charge is -2.05. The van der Waals surface area contributed by atoms with Gasteiger partial charge in [0, 0.05) is 28.8 Å². The third kappa shape index (κ3) is 4.89. The average molecular weight is 387 g/mol. The Labute approximate surface area is 159 Å². The first-order valence-corrected chi connectivity index (χ1v) is 8.50. The SMILES string of the molecule is O=C(N/N=C/c1ccc(Cl)c([N+](=O)[O-])c1)c1ccc(NC(=O)C2CC2)cc1. The van der Waals surface area contributed by atoms with E-state index in [2.05, 4.69) is 15.8 Å². The summed E-state index contributed by atoms with van der Waals surface area (Å²) in [6.45, 7) is 0. The van der Waals surface area contributed by atoms with Crippen LogP contribution in [-0.2, 0) is 4.79 Å². The molecule has 2 aromatic carbocycles. The molecule has 0 bridgehead atoms. The smallest absolute Gasteiger partial charge is 0.288 e. The zero-order valence-corrected chi connectivity index (χ0v) is 14.8. The number of rotatable bonds is 6. The Morgan fingerprint density at radius 2 is 1.89 bits per heavy atom. The van der Waals surface area contributed by atoms with E-state index in [1.807, 2.05) is 0 Å². The Kier molecular flexibility index (Phi) is 5.46. The number of nitrogens with one attached hydrogen (secondary N) is 2. The molecule has 0 heterocycles. The van der Waals surface area contributed by atoms with Gasteiger partial charge in [0.2, 0.25) is 5.91 Å². The summed E-state index contributed by atoms with van der Waals surface area (Å²) in [5, 5.41) is 17.5. The van der Waals surface area contributed by atoms with Crippen molar-refractivity contribution in [1.82, 2.24) is 5.43 Å². The van der Waals surface area contributed by atoms with Gasteiger partial charge < -0.3 is 5.32 Å². The molecular formula is C18H15ClN4O4. The van der Waals surface area contributed by atoms with Crippen molar-refractivity contribution >= 4 is 41.0 Å². The maximum Gasteiger partial charge on any atom is 0.288 e. The number of hydrogen-bond donors (Lipinski definition) is 2. The fraction of sp³-hybridized carbons (Fsp3) is 0.167. The lowest BCUT2D eigenvalue weighted by atomic mass is 10.2. The van der Waals surface area contributed by atoms with Gasteiger partial charge in [0.25, 0.3) is 11.6 Å². The Morgan fingerprint density at radius 3 is 2.52 bits per heavy atom. The monoisotopic (exact) mass is 386 g/mol. The number of carbonyl (C=O) groups is 2. The molecule has 0 spiro atoms. The van der Waals surface area contributed by atoms with Gasteiger partial charge in [0.1, 0.15) is 5.02 Å². The van der Waals surface area contributed by atoms with E-state index in [0.29, 0.717) is 16.8 Å². The molecule has 27 heavy (non-hydrogen) atoms. The Morgan fingerprint density at radius 1 is 1.19 bits per heavy atom. The summed E-state index contributed by atoms with van der Waals surface area (Å²) < 4.78 is 0. The molecule has 1 aliphatic carbocycles. The standard InChI is InChI=1S/C18H15ClN4O4/c19-15-8-1-11(9-16(15)23(26)27)10-20-22-18(25)13-4-6-14(7-5-13)21-17(24)12-2-3-12/h1,4-10,12H,2-3H2,(H,21,24)(H,22,25)/b20-10+. The Hall–Kier alpha value is -3.26. The zero-order valence-electron chi connectivity index (χ0n) is 14.0. The number of nitro benzene ring substituents is 1. The summed E-state index contributed by atoms with van der Waals surface area (Å²) in [5.41, 5.74) is 3.51. The molecule has 0 aliphatic heterocycles. The van der Waals surface area contributed by atoms with Crippen LogP contribution in [0.1, 0.15) is 28.8 Å². The van der Waals surface area contributed by atoms with Crippen LogP contribution in [0.15, 0.2) is 47.6 Å². The highest BCUT2D eigenvalue weighted by atomic mass is 35.5. The summed E-state index contributed by atoms with van der Waals surface area (Å²) in [6.07, 6.45) is 3.12. The van der Waals surface area contributed by atoms with Crippen molar-refractivity contribution in [1.29, 1.82) is 0 Å². The molecule has 0 atom stereocenters. The number of anilines is 1. The van der Waals surface area contributed by atoms with E-state index < -0.39 is 10.8 Å². The number of hydrogen-bond acceptors (Lipinski definition) is 5. The maximum atomic E-state index is 12.1. The lowest BCUT2D eigenvalue weighted by Crippen LogP contribution is -2.18. The summed E-state index contributed by atoms with van der Waals surface area (Å²) in [6, 6.07) is 10.6. The fourth-order valence-electron chi connectivity index (χ4n) is 2.27. The van der Waals surface area contributed by atoms with Gasteiger partial charge in [-0.3, -0.25) is 19.7 Å². The van der Waals surface area contributed by atoms with Gasteiger partial charge in [0.15, 0.2) is 0 Å². The molecule has 0 aromatic heterocycles. The minimum Gasteiger partial charge on any atom is -0.326 e. The van der Waals surface area contributed by atoms with E-state index in [0.717, 1.165) is 12.8 Å². The van der Waals surface area contributed by atoms with E-state index in [-0.39, 0.29) is 22.5 Å². The second-order valence-electron chi connectivity index (χ2n) is 6.01. The number of amides is 2. The van der Waals surface area contributed by atoms with Crippen LogP contribution in [0.4, 0.5) is 11.4 Å². The maximum absolute atomic E-state index is 12.1. The highest BCUT2D eigenvalue weighted by Gasteiger charge is 2.29. The third-order valence-electron chi connectivity index (χ3n) is 3.91. The van der Waals surface area contributed by atoms with Crippen LogP contribution in [0.25, 0.3) is 0 Å². The molecule has 2 amide bonds. The molecule has 2 aromatic rings. The van der Waals surface area contributed by atoms with Gasteiger partial charge in [-0.25, -0.2) is 5.43 Å². The molecule has 1 aliphatic rings. The largest absolute Gasteiger partial charge is 0.326 e. The molecule has 1 saturated carbocycles. The molecule has 8 nitrogen and oxygen atoms in total. The van der Waals surface area contributed by atoms with Crippen LogP contribution in [0.3, 0.4) is 0 Å². The third-order valence-corrected chi connectivity index (χ3v) is 4.23. The van der Waals surface area contributed by atoms with Crippen molar-refractivity contribution in [2.45, 2.75) is 12.8 Å². The summed E-state index contributed by atoms with van der Waals surface area (Å²) in [7, 11) is 0. The van der Waals surface area contributed by atoms with E-state index >= 15 is 0 Å². The van der Waals surface area contributed by atoms with E-state index in [4.69, 9.17) is 11.6 Å². The van der Waals surface area contributed by atoms with Crippen molar-refractivity contribution in [2.24, 2.45) is 11.0 Å². The van der Waals surface area contributed by atoms with Gasteiger partial charge >= 0.3 is 0 Å². The summed E-state index contributed by atoms with van der Waals surface area (Å²) in [4.78, 5) is 34.0. The van der Waals surface area contributed by atoms with Gasteiger partial charge in [-0.1, -0.05) is 17.7 Å². The molecule has 138 valence electrons. The molecule has 9 heteroatoms. The topological polar surface area (TPSA) is 114 Å². The highest BCUT2D eigenvalue weighted by molar-refractivity contribution is 6.32. The van der Waals surface area contributed by atoms with Crippen molar-refractivity contribution in [2.75, 3.05) is 5.32 Å². The van der Waals surface area contributed by atoms with Crippen LogP contribution < -0.4 is 10.7 Å². The first-order valence-electron chi connectivity index (χ1n) is 8.12.